The maximum Gasteiger partial charge on any atom is 0.326 e. The van der Waals surface area contributed by atoms with Crippen LogP contribution in [0.3, 0.4) is 0 Å². The van der Waals surface area contributed by atoms with Gasteiger partial charge >= 0.3 is 11.9 Å². The summed E-state index contributed by atoms with van der Waals surface area (Å²) in [7, 11) is 0. The number of guanidine groups is 1. The summed E-state index contributed by atoms with van der Waals surface area (Å²) >= 11 is 0. The third-order valence-electron chi connectivity index (χ3n) is 12.0. The van der Waals surface area contributed by atoms with Gasteiger partial charge in [0.2, 0.25) is 41.4 Å². The Hall–Kier alpha value is -5.66. The van der Waals surface area contributed by atoms with E-state index >= 15 is 0 Å². The van der Waals surface area contributed by atoms with E-state index in [9.17, 15) is 53.4 Å². The van der Waals surface area contributed by atoms with Crippen LogP contribution in [0, 0.1) is 17.8 Å². The first kappa shape index (κ1) is 65.3. The van der Waals surface area contributed by atoms with Gasteiger partial charge in [-0.1, -0.05) is 60.8 Å². The van der Waals surface area contributed by atoms with Crippen molar-refractivity contribution in [2.75, 3.05) is 26.2 Å². The summed E-state index contributed by atoms with van der Waals surface area (Å²) in [6, 6.07) is -10.3. The summed E-state index contributed by atoms with van der Waals surface area (Å²) < 4.78 is 0. The summed E-state index contributed by atoms with van der Waals surface area (Å²) in [4.78, 5) is 125. The number of carboxylic acids is 2. The molecule has 0 aromatic carbocycles. The molecule has 0 aliphatic carbocycles. The Morgan fingerprint density at radius 3 is 1.30 bits per heavy atom. The third-order valence-corrected chi connectivity index (χ3v) is 12.0. The third kappa shape index (κ3) is 26.9. The van der Waals surface area contributed by atoms with Gasteiger partial charge in [-0.2, -0.15) is 0 Å². The van der Waals surface area contributed by atoms with Crippen LogP contribution in [0.15, 0.2) is 4.99 Å². The van der Waals surface area contributed by atoms with Crippen molar-refractivity contribution in [3.63, 3.8) is 0 Å². The van der Waals surface area contributed by atoms with Crippen LogP contribution in [0.25, 0.3) is 0 Å². The molecule has 25 nitrogen and oxygen atoms in total. The molecule has 0 fully saturated rings. The normalized spacial score (nSPS) is 15.4. The first-order valence-electron chi connectivity index (χ1n) is 25.0. The minimum atomic E-state index is -1.61. The average molecular weight is 1010 g/mol. The highest BCUT2D eigenvalue weighted by Gasteiger charge is 2.36. The van der Waals surface area contributed by atoms with Crippen LogP contribution in [0.4, 0.5) is 0 Å². The minimum absolute atomic E-state index is 0.0312. The topological polar surface area (TPSA) is 447 Å². The number of hydrogen-bond acceptors (Lipinski definition) is 14. The summed E-state index contributed by atoms with van der Waals surface area (Å²) in [6.07, 6.45) is 3.39. The smallest absolute Gasteiger partial charge is 0.326 e. The second-order valence-corrected chi connectivity index (χ2v) is 18.5. The molecule has 25 heteroatoms. The van der Waals surface area contributed by atoms with E-state index < -0.39 is 120 Å². The van der Waals surface area contributed by atoms with Crippen molar-refractivity contribution >= 4 is 59.2 Å². The van der Waals surface area contributed by atoms with E-state index in [-0.39, 0.29) is 63.5 Å². The standard InChI is InChI=1S/C46H88N14O11/c1-7-27(5)36(44(69)56-31(18-11-14-22-49)41(66)60-37(45(70)71)28(6)8-2)59-40(65)32(19-15-23-53-46(51)52)54-39(64)30(17-10-13-21-48)55-42(67)33(24-26(3)4)58-43(68)34(25-35(61)62)57-38(63)29(50)16-9-12-20-47/h26-34,36-37H,7-25,47-50H2,1-6H3,(H,54,64)(H,55,67)(H,56,69)(H,57,63)(H,58,68)(H,59,65)(H,60,66)(H,61,62)(H,70,71)(H4,51,52,53). The summed E-state index contributed by atoms with van der Waals surface area (Å²) in [5, 5.41) is 37.7. The zero-order chi connectivity index (χ0) is 54.2. The molecule has 10 atom stereocenters. The predicted molar refractivity (Wildman–Crippen MR) is 268 cm³/mol. The number of carbonyl (C=O) groups is 9. The van der Waals surface area contributed by atoms with Crippen LogP contribution in [0.1, 0.15) is 138 Å². The summed E-state index contributed by atoms with van der Waals surface area (Å²) in [5.74, 6) is -9.62. The van der Waals surface area contributed by atoms with Crippen LogP contribution in [-0.2, 0) is 43.2 Å². The number of aliphatic imine (C=N–C) groups is 1. The van der Waals surface area contributed by atoms with Gasteiger partial charge in [0.1, 0.15) is 42.3 Å². The number of carbonyl (C=O) groups excluding carboxylic acids is 7. The van der Waals surface area contributed by atoms with Crippen molar-refractivity contribution in [2.24, 2.45) is 57.1 Å². The number of nitrogens with one attached hydrogen (secondary N) is 7. The van der Waals surface area contributed by atoms with Crippen molar-refractivity contribution in [2.45, 2.75) is 186 Å². The number of carboxylic acid groups (broad SMARTS) is 2. The predicted octanol–water partition coefficient (Wildman–Crippen LogP) is -2.15. The van der Waals surface area contributed by atoms with E-state index in [1.165, 1.54) is 0 Å². The Morgan fingerprint density at radius 2 is 0.859 bits per heavy atom. The zero-order valence-electron chi connectivity index (χ0n) is 42.8. The van der Waals surface area contributed by atoms with E-state index in [4.69, 9.17) is 34.4 Å². The number of rotatable bonds is 39. The highest BCUT2D eigenvalue weighted by Crippen LogP contribution is 2.15. The maximum atomic E-state index is 14.3. The minimum Gasteiger partial charge on any atom is -0.481 e. The van der Waals surface area contributed by atoms with Crippen molar-refractivity contribution in [1.82, 2.24) is 37.2 Å². The van der Waals surface area contributed by atoms with Crippen molar-refractivity contribution in [3.8, 4) is 0 Å². The first-order valence-corrected chi connectivity index (χ1v) is 25.0. The molecule has 7 amide bonds. The van der Waals surface area contributed by atoms with Crippen LogP contribution >= 0.6 is 0 Å². The zero-order valence-corrected chi connectivity index (χ0v) is 42.8. The summed E-state index contributed by atoms with van der Waals surface area (Å²) in [6.45, 7) is 11.5. The van der Waals surface area contributed by atoms with Crippen LogP contribution < -0.4 is 71.6 Å². The maximum absolute atomic E-state index is 14.3. The number of nitrogens with zero attached hydrogens (tertiary/aromatic N) is 1. The van der Waals surface area contributed by atoms with E-state index in [1.54, 1.807) is 41.5 Å². The largest absolute Gasteiger partial charge is 0.481 e. The van der Waals surface area contributed by atoms with Gasteiger partial charge < -0.3 is 81.8 Å². The first-order chi connectivity index (χ1) is 33.5. The number of nitrogens with two attached hydrogens (primary N) is 6. The van der Waals surface area contributed by atoms with Gasteiger partial charge in [-0.25, -0.2) is 4.79 Å². The lowest BCUT2D eigenvalue weighted by atomic mass is 9.96. The number of hydrogen-bond donors (Lipinski definition) is 15. The monoisotopic (exact) mass is 1010 g/mol. The molecule has 0 aromatic rings. The lowest BCUT2D eigenvalue weighted by molar-refractivity contribution is -0.144. The molecule has 10 unspecified atom stereocenters. The van der Waals surface area contributed by atoms with Crippen molar-refractivity contribution in [3.05, 3.63) is 0 Å². The highest BCUT2D eigenvalue weighted by atomic mass is 16.4. The van der Waals surface area contributed by atoms with Gasteiger partial charge in [0.05, 0.1) is 12.5 Å². The number of amides is 7. The molecule has 0 heterocycles. The lowest BCUT2D eigenvalue weighted by Gasteiger charge is -2.30. The molecule has 0 bridgehead atoms. The van der Waals surface area contributed by atoms with Gasteiger partial charge in [-0.3, -0.25) is 43.3 Å². The molecule has 408 valence electrons. The molecule has 71 heavy (non-hydrogen) atoms. The van der Waals surface area contributed by atoms with Crippen molar-refractivity contribution in [1.29, 1.82) is 0 Å². The quantitative estimate of drug-likeness (QED) is 0.0177. The fraction of sp³-hybridized carbons (Fsp3) is 0.783. The highest BCUT2D eigenvalue weighted by molar-refractivity contribution is 5.98. The molecule has 0 saturated heterocycles. The Morgan fingerprint density at radius 1 is 0.479 bits per heavy atom. The lowest BCUT2D eigenvalue weighted by Crippen LogP contribution is -2.61. The second kappa shape index (κ2) is 36.3. The second-order valence-electron chi connectivity index (χ2n) is 18.5. The van der Waals surface area contributed by atoms with Crippen molar-refractivity contribution < 1.29 is 53.4 Å². The Bertz CT molecular complexity index is 1720. The molecule has 0 saturated carbocycles. The molecule has 0 rings (SSSR count). The van der Waals surface area contributed by atoms with Gasteiger partial charge in [-0.05, 0) is 108 Å². The molecule has 0 aliphatic rings. The number of unbranched alkanes of at least 4 members (excludes halogenated alkanes) is 3. The average Bonchev–Trinajstić information content (AvgIpc) is 3.30. The molecule has 0 aliphatic heterocycles. The van der Waals surface area contributed by atoms with E-state index in [2.05, 4.69) is 42.2 Å². The Balaban J connectivity index is 6.84. The fourth-order valence-electron chi connectivity index (χ4n) is 7.27. The van der Waals surface area contributed by atoms with Crippen LogP contribution in [0.2, 0.25) is 0 Å². The number of aliphatic carboxylic acids is 2. The Kier molecular flexibility index (Phi) is 33.4. The van der Waals surface area contributed by atoms with E-state index in [0.717, 1.165) is 0 Å². The molecular formula is C46H88N14O11. The molecular weight excluding hydrogens is 925 g/mol. The van der Waals surface area contributed by atoms with E-state index in [1.807, 2.05) is 0 Å². The molecule has 0 spiro atoms. The van der Waals surface area contributed by atoms with Crippen LogP contribution in [-0.4, -0.2) is 144 Å². The molecule has 0 radical (unpaired) electrons. The van der Waals surface area contributed by atoms with Gasteiger partial charge in [0.25, 0.3) is 0 Å². The Labute approximate surface area is 418 Å². The molecule has 0 aromatic heterocycles. The fourth-order valence-corrected chi connectivity index (χ4v) is 7.27. The van der Waals surface area contributed by atoms with Gasteiger partial charge in [0.15, 0.2) is 5.96 Å². The van der Waals surface area contributed by atoms with Crippen LogP contribution in [0.5, 0.6) is 0 Å². The SMILES string of the molecule is CCC(C)C(NC(=O)C(CCCCN)NC(=O)C(NC(=O)C(CCCN=C(N)N)NC(=O)C(CCCCN)NC(=O)C(CC(C)C)NC(=O)C(CC(=O)O)NC(=O)C(N)CCCCN)C(C)CC)C(=O)O. The molecule has 21 N–H and O–H groups in total. The van der Waals surface area contributed by atoms with E-state index in [0.29, 0.717) is 64.5 Å². The van der Waals surface area contributed by atoms with Gasteiger partial charge in [0, 0.05) is 6.54 Å². The van der Waals surface area contributed by atoms with Gasteiger partial charge in [-0.15, -0.1) is 0 Å². The summed E-state index contributed by atoms with van der Waals surface area (Å²) in [5.41, 5.74) is 34.0.